The molecule has 4 nitrogen and oxygen atoms in total. The van der Waals surface area contributed by atoms with Crippen LogP contribution >= 0.6 is 0 Å². The highest BCUT2D eigenvalue weighted by Gasteiger charge is 2.15. The molecule has 0 fully saturated rings. The Labute approximate surface area is 119 Å². The molecule has 0 saturated heterocycles. The molecule has 0 aliphatic heterocycles. The standard InChI is InChI=1S/C16H21N3O/c1-10-5-6-14(11(2)7-10)12(3)18-16(20)15-8-13(17)9-19(15)4/h5-9,12H,17H2,1-4H3,(H,18,20). The summed E-state index contributed by atoms with van der Waals surface area (Å²) in [5.41, 5.74) is 10.4. The fraction of sp³-hybridized carbons (Fsp3) is 0.312. The summed E-state index contributed by atoms with van der Waals surface area (Å²) in [6.07, 6.45) is 1.73. The van der Waals surface area contributed by atoms with Gasteiger partial charge in [-0.3, -0.25) is 4.79 Å². The summed E-state index contributed by atoms with van der Waals surface area (Å²) in [6.45, 7) is 6.11. The number of aromatic nitrogens is 1. The molecule has 1 aromatic carbocycles. The Morgan fingerprint density at radius 2 is 2.00 bits per heavy atom. The van der Waals surface area contributed by atoms with E-state index in [-0.39, 0.29) is 11.9 Å². The van der Waals surface area contributed by atoms with Crippen molar-refractivity contribution in [1.82, 2.24) is 9.88 Å². The molecule has 0 aliphatic carbocycles. The number of benzene rings is 1. The molecule has 0 bridgehead atoms. The second-order valence-corrected chi connectivity index (χ2v) is 5.32. The Hall–Kier alpha value is -2.23. The van der Waals surface area contributed by atoms with E-state index in [0.29, 0.717) is 11.4 Å². The van der Waals surface area contributed by atoms with Gasteiger partial charge in [0.05, 0.1) is 11.7 Å². The predicted octanol–water partition coefficient (Wildman–Crippen LogP) is 2.72. The first-order valence-electron chi connectivity index (χ1n) is 6.68. The van der Waals surface area contributed by atoms with Crippen LogP contribution in [0.3, 0.4) is 0 Å². The maximum absolute atomic E-state index is 12.3. The Kier molecular flexibility index (Phi) is 3.84. The first kappa shape index (κ1) is 14.2. The summed E-state index contributed by atoms with van der Waals surface area (Å²) in [6, 6.07) is 7.89. The third-order valence-corrected chi connectivity index (χ3v) is 3.50. The number of amides is 1. The number of carbonyl (C=O) groups is 1. The maximum Gasteiger partial charge on any atom is 0.268 e. The van der Waals surface area contributed by atoms with Gasteiger partial charge in [0.25, 0.3) is 5.91 Å². The first-order valence-corrected chi connectivity index (χ1v) is 6.68. The average molecular weight is 271 g/mol. The first-order chi connectivity index (χ1) is 9.38. The molecule has 20 heavy (non-hydrogen) atoms. The van der Waals surface area contributed by atoms with Crippen LogP contribution in [0, 0.1) is 13.8 Å². The lowest BCUT2D eigenvalue weighted by Gasteiger charge is -2.17. The minimum atomic E-state index is -0.114. The number of carbonyl (C=O) groups excluding carboxylic acids is 1. The van der Waals surface area contributed by atoms with Crippen molar-refractivity contribution in [2.75, 3.05) is 5.73 Å². The number of hydrogen-bond acceptors (Lipinski definition) is 2. The number of rotatable bonds is 3. The van der Waals surface area contributed by atoms with E-state index in [9.17, 15) is 4.79 Å². The fourth-order valence-electron chi connectivity index (χ4n) is 2.48. The van der Waals surface area contributed by atoms with Gasteiger partial charge in [-0.2, -0.15) is 0 Å². The fourth-order valence-corrected chi connectivity index (χ4v) is 2.48. The number of hydrogen-bond donors (Lipinski definition) is 2. The molecule has 4 heteroatoms. The molecular weight excluding hydrogens is 250 g/mol. The van der Waals surface area contributed by atoms with Gasteiger partial charge in [-0.15, -0.1) is 0 Å². The van der Waals surface area contributed by atoms with Crippen LogP contribution in [0.25, 0.3) is 0 Å². The predicted molar refractivity (Wildman–Crippen MR) is 81.6 cm³/mol. The summed E-state index contributed by atoms with van der Waals surface area (Å²) in [7, 11) is 1.81. The molecule has 106 valence electrons. The van der Waals surface area contributed by atoms with E-state index in [1.54, 1.807) is 16.8 Å². The Bertz CT molecular complexity index is 643. The quantitative estimate of drug-likeness (QED) is 0.901. The summed E-state index contributed by atoms with van der Waals surface area (Å²) < 4.78 is 1.74. The molecule has 1 aromatic heterocycles. The van der Waals surface area contributed by atoms with Crippen molar-refractivity contribution in [1.29, 1.82) is 0 Å². The molecule has 1 amide bonds. The monoisotopic (exact) mass is 271 g/mol. The molecule has 0 spiro atoms. The van der Waals surface area contributed by atoms with Gasteiger partial charge in [0.15, 0.2) is 0 Å². The zero-order valence-corrected chi connectivity index (χ0v) is 12.4. The van der Waals surface area contributed by atoms with Crippen LogP contribution in [-0.4, -0.2) is 10.5 Å². The van der Waals surface area contributed by atoms with Crippen molar-refractivity contribution in [2.45, 2.75) is 26.8 Å². The van der Waals surface area contributed by atoms with Gasteiger partial charge in [-0.1, -0.05) is 23.8 Å². The van der Waals surface area contributed by atoms with Crippen molar-refractivity contribution < 1.29 is 4.79 Å². The van der Waals surface area contributed by atoms with E-state index in [1.165, 1.54) is 11.1 Å². The Morgan fingerprint density at radius 1 is 1.30 bits per heavy atom. The molecule has 0 saturated carbocycles. The van der Waals surface area contributed by atoms with Gasteiger partial charge >= 0.3 is 0 Å². The topological polar surface area (TPSA) is 60.1 Å². The molecule has 1 heterocycles. The SMILES string of the molecule is Cc1ccc(C(C)NC(=O)c2cc(N)cn2C)c(C)c1. The zero-order valence-electron chi connectivity index (χ0n) is 12.4. The number of nitrogen functional groups attached to an aromatic ring is 1. The van der Waals surface area contributed by atoms with Gasteiger partial charge in [-0.25, -0.2) is 0 Å². The normalized spacial score (nSPS) is 12.2. The highest BCUT2D eigenvalue weighted by molar-refractivity contribution is 5.94. The van der Waals surface area contributed by atoms with Crippen molar-refractivity contribution >= 4 is 11.6 Å². The minimum Gasteiger partial charge on any atom is -0.397 e. The third kappa shape index (κ3) is 2.85. The molecule has 2 aromatic rings. The maximum atomic E-state index is 12.3. The van der Waals surface area contributed by atoms with E-state index < -0.39 is 0 Å². The van der Waals surface area contributed by atoms with E-state index in [0.717, 1.165) is 5.56 Å². The summed E-state index contributed by atoms with van der Waals surface area (Å²) in [4.78, 5) is 12.3. The summed E-state index contributed by atoms with van der Waals surface area (Å²) in [5.74, 6) is -0.114. The summed E-state index contributed by atoms with van der Waals surface area (Å²) >= 11 is 0. The van der Waals surface area contributed by atoms with Crippen LogP contribution in [0.4, 0.5) is 5.69 Å². The number of nitrogens with zero attached hydrogens (tertiary/aromatic N) is 1. The van der Waals surface area contributed by atoms with Crippen LogP contribution in [0.1, 0.15) is 40.1 Å². The molecule has 0 radical (unpaired) electrons. The smallest absolute Gasteiger partial charge is 0.268 e. The zero-order chi connectivity index (χ0) is 14.9. The third-order valence-electron chi connectivity index (χ3n) is 3.50. The van der Waals surface area contributed by atoms with Crippen LogP contribution in [-0.2, 0) is 7.05 Å². The molecular formula is C16H21N3O. The van der Waals surface area contributed by atoms with E-state index in [4.69, 9.17) is 5.73 Å². The molecule has 1 unspecified atom stereocenters. The van der Waals surface area contributed by atoms with Gasteiger partial charge in [0.2, 0.25) is 0 Å². The average Bonchev–Trinajstić information content (AvgIpc) is 2.68. The van der Waals surface area contributed by atoms with E-state index in [1.807, 2.05) is 14.0 Å². The molecule has 0 aliphatic rings. The van der Waals surface area contributed by atoms with E-state index in [2.05, 4.69) is 37.4 Å². The molecule has 3 N–H and O–H groups in total. The van der Waals surface area contributed by atoms with Gasteiger partial charge < -0.3 is 15.6 Å². The lowest BCUT2D eigenvalue weighted by Crippen LogP contribution is -2.28. The summed E-state index contributed by atoms with van der Waals surface area (Å²) in [5, 5.41) is 3.01. The Balaban J connectivity index is 2.17. The van der Waals surface area contributed by atoms with Gasteiger partial charge in [-0.05, 0) is 38.0 Å². The van der Waals surface area contributed by atoms with Crippen molar-refractivity contribution in [3.8, 4) is 0 Å². The van der Waals surface area contributed by atoms with Crippen LogP contribution in [0.15, 0.2) is 30.5 Å². The van der Waals surface area contributed by atoms with Crippen LogP contribution in [0.2, 0.25) is 0 Å². The van der Waals surface area contributed by atoms with E-state index >= 15 is 0 Å². The molecule has 1 atom stereocenters. The van der Waals surface area contributed by atoms with Gasteiger partial charge in [0.1, 0.15) is 5.69 Å². The highest BCUT2D eigenvalue weighted by atomic mass is 16.2. The van der Waals surface area contributed by atoms with Crippen LogP contribution < -0.4 is 11.1 Å². The van der Waals surface area contributed by atoms with Gasteiger partial charge in [0, 0.05) is 13.2 Å². The number of nitrogens with one attached hydrogen (secondary N) is 1. The molecule has 2 rings (SSSR count). The largest absolute Gasteiger partial charge is 0.397 e. The van der Waals surface area contributed by atoms with Crippen molar-refractivity contribution in [2.24, 2.45) is 7.05 Å². The number of aryl methyl sites for hydroxylation is 3. The highest BCUT2D eigenvalue weighted by Crippen LogP contribution is 2.19. The lowest BCUT2D eigenvalue weighted by atomic mass is 10.0. The number of anilines is 1. The number of nitrogens with two attached hydrogens (primary N) is 1. The van der Waals surface area contributed by atoms with Crippen molar-refractivity contribution in [3.05, 3.63) is 52.8 Å². The second kappa shape index (κ2) is 5.41. The second-order valence-electron chi connectivity index (χ2n) is 5.32. The van der Waals surface area contributed by atoms with Crippen LogP contribution in [0.5, 0.6) is 0 Å². The van der Waals surface area contributed by atoms with Crippen molar-refractivity contribution in [3.63, 3.8) is 0 Å². The lowest BCUT2D eigenvalue weighted by molar-refractivity contribution is 0.0931. The minimum absolute atomic E-state index is 0.0424. The Morgan fingerprint density at radius 3 is 2.55 bits per heavy atom.